The first-order valence-electron chi connectivity index (χ1n) is 9.35. The molecule has 1 saturated heterocycles. The fourth-order valence-corrected chi connectivity index (χ4v) is 3.68. The van der Waals surface area contributed by atoms with Crippen LogP contribution in [0.2, 0.25) is 0 Å². The molecule has 4 rings (SSSR count). The van der Waals surface area contributed by atoms with Crippen molar-refractivity contribution in [2.75, 3.05) is 13.1 Å². The number of piperidine rings is 1. The van der Waals surface area contributed by atoms with E-state index in [4.69, 9.17) is 0 Å². The predicted octanol–water partition coefficient (Wildman–Crippen LogP) is 2.28. The van der Waals surface area contributed by atoms with E-state index in [1.165, 1.54) is 12.1 Å². The van der Waals surface area contributed by atoms with Crippen LogP contribution in [-0.2, 0) is 11.3 Å². The molecule has 0 unspecified atom stereocenters. The van der Waals surface area contributed by atoms with Crippen molar-refractivity contribution in [3.63, 3.8) is 0 Å². The molecule has 0 radical (unpaired) electrons. The molecule has 6 nitrogen and oxygen atoms in total. The fourth-order valence-electron chi connectivity index (χ4n) is 3.68. The van der Waals surface area contributed by atoms with Crippen LogP contribution in [0.5, 0.6) is 0 Å². The zero-order valence-corrected chi connectivity index (χ0v) is 15.2. The Morgan fingerprint density at radius 3 is 2.81 bits per heavy atom. The van der Waals surface area contributed by atoms with E-state index in [2.05, 4.69) is 25.4 Å². The van der Waals surface area contributed by atoms with Gasteiger partial charge in [0, 0.05) is 36.6 Å². The lowest BCUT2D eigenvalue weighted by atomic mass is 9.90. The summed E-state index contributed by atoms with van der Waals surface area (Å²) in [5, 5.41) is 10.3. The van der Waals surface area contributed by atoms with E-state index in [0.29, 0.717) is 24.5 Å². The second-order valence-electron chi connectivity index (χ2n) is 7.53. The Morgan fingerprint density at radius 1 is 1.33 bits per heavy atom. The van der Waals surface area contributed by atoms with Gasteiger partial charge in [-0.3, -0.25) is 14.8 Å². The number of nitrogens with zero attached hydrogens (tertiary/aromatic N) is 3. The summed E-state index contributed by atoms with van der Waals surface area (Å²) in [7, 11) is 0. The number of aromatic amines is 1. The molecule has 2 N–H and O–H groups in total. The van der Waals surface area contributed by atoms with Crippen molar-refractivity contribution in [2.45, 2.75) is 44.7 Å². The minimum atomic E-state index is -0.579. The largest absolute Gasteiger partial charge is 0.351 e. The molecule has 2 aliphatic rings. The number of nitrogens with one attached hydrogen (secondary N) is 2. The van der Waals surface area contributed by atoms with Crippen molar-refractivity contribution in [3.8, 4) is 0 Å². The van der Waals surface area contributed by atoms with Gasteiger partial charge in [-0.25, -0.2) is 13.8 Å². The van der Waals surface area contributed by atoms with Crippen molar-refractivity contribution < 1.29 is 13.6 Å². The lowest BCUT2D eigenvalue weighted by Crippen LogP contribution is -2.52. The monoisotopic (exact) mass is 375 g/mol. The maximum atomic E-state index is 14.0. The molecule has 27 heavy (non-hydrogen) atoms. The number of benzene rings is 1. The summed E-state index contributed by atoms with van der Waals surface area (Å²) in [4.78, 5) is 18.9. The van der Waals surface area contributed by atoms with E-state index >= 15 is 0 Å². The van der Waals surface area contributed by atoms with Crippen LogP contribution >= 0.6 is 0 Å². The van der Waals surface area contributed by atoms with Gasteiger partial charge >= 0.3 is 0 Å². The highest BCUT2D eigenvalue weighted by molar-refractivity contribution is 5.81. The summed E-state index contributed by atoms with van der Waals surface area (Å²) in [5.74, 6) is 0.544. The number of carbonyl (C=O) groups excluding carboxylic acids is 1. The van der Waals surface area contributed by atoms with Crippen molar-refractivity contribution >= 4 is 5.91 Å². The molecule has 0 bridgehead atoms. The quantitative estimate of drug-likeness (QED) is 0.841. The maximum Gasteiger partial charge on any atom is 0.223 e. The number of hydrogen-bond donors (Lipinski definition) is 2. The Balaban J connectivity index is 1.49. The van der Waals surface area contributed by atoms with Gasteiger partial charge in [0.25, 0.3) is 0 Å². The topological polar surface area (TPSA) is 73.9 Å². The number of hydrogen-bond acceptors (Lipinski definition) is 4. The van der Waals surface area contributed by atoms with E-state index in [0.717, 1.165) is 37.7 Å². The summed E-state index contributed by atoms with van der Waals surface area (Å²) in [6.45, 7) is 3.53. The summed E-state index contributed by atoms with van der Waals surface area (Å²) in [6.07, 6.45) is 2.64. The second-order valence-corrected chi connectivity index (χ2v) is 7.53. The lowest BCUT2D eigenvalue weighted by molar-refractivity contribution is -0.123. The highest BCUT2D eigenvalue weighted by atomic mass is 19.1. The van der Waals surface area contributed by atoms with Crippen LogP contribution in [0.3, 0.4) is 0 Å². The summed E-state index contributed by atoms with van der Waals surface area (Å²) >= 11 is 0. The molecule has 0 spiro atoms. The van der Waals surface area contributed by atoms with Crippen LogP contribution in [0.1, 0.15) is 42.4 Å². The third-order valence-corrected chi connectivity index (χ3v) is 5.33. The van der Waals surface area contributed by atoms with Crippen LogP contribution in [-0.4, -0.2) is 45.1 Å². The number of likely N-dealkylation sites (tertiary alicyclic amines) is 1. The summed E-state index contributed by atoms with van der Waals surface area (Å²) in [5.41, 5.74) is 0.454. The first-order valence-corrected chi connectivity index (χ1v) is 9.35. The van der Waals surface area contributed by atoms with E-state index in [1.54, 1.807) is 0 Å². The van der Waals surface area contributed by atoms with Crippen LogP contribution in [0.4, 0.5) is 8.78 Å². The van der Waals surface area contributed by atoms with Gasteiger partial charge in [0.15, 0.2) is 5.82 Å². The molecule has 2 atom stereocenters. The Morgan fingerprint density at radius 2 is 2.15 bits per heavy atom. The summed E-state index contributed by atoms with van der Waals surface area (Å²) < 4.78 is 27.1. The molecule has 1 aliphatic carbocycles. The zero-order chi connectivity index (χ0) is 19.0. The Hall–Kier alpha value is -2.35. The van der Waals surface area contributed by atoms with Crippen LogP contribution in [0.15, 0.2) is 18.2 Å². The van der Waals surface area contributed by atoms with Gasteiger partial charge in [-0.1, -0.05) is 6.07 Å². The summed E-state index contributed by atoms with van der Waals surface area (Å²) in [6, 6.07) is 3.52. The van der Waals surface area contributed by atoms with E-state index in [9.17, 15) is 13.6 Å². The number of aromatic nitrogens is 3. The second kappa shape index (κ2) is 7.34. The number of halogens is 2. The molecule has 2 fully saturated rings. The first-order chi connectivity index (χ1) is 13.0. The molecular formula is C19H23F2N5O. The molecule has 1 amide bonds. The predicted molar refractivity (Wildman–Crippen MR) is 94.8 cm³/mol. The van der Waals surface area contributed by atoms with E-state index in [1.807, 2.05) is 6.92 Å². The highest BCUT2D eigenvalue weighted by Crippen LogP contribution is 2.32. The van der Waals surface area contributed by atoms with Gasteiger partial charge < -0.3 is 5.32 Å². The van der Waals surface area contributed by atoms with Crippen LogP contribution < -0.4 is 5.32 Å². The molecule has 1 aromatic heterocycles. The van der Waals surface area contributed by atoms with E-state index < -0.39 is 11.6 Å². The first kappa shape index (κ1) is 18.0. The normalized spacial score (nSPS) is 23.4. The molecule has 2 heterocycles. The number of amides is 1. The SMILES string of the molecule is Cc1nc([C@H]2CCN(Cc3ccc(F)cc3F)C[C@H]2NC(=O)C2CC2)n[nH]1. The highest BCUT2D eigenvalue weighted by Gasteiger charge is 2.37. The minimum Gasteiger partial charge on any atom is -0.351 e. The Kier molecular flexibility index (Phi) is 4.90. The maximum absolute atomic E-state index is 14.0. The van der Waals surface area contributed by atoms with Crippen molar-refractivity contribution in [3.05, 3.63) is 47.0 Å². The van der Waals surface area contributed by atoms with E-state index in [-0.39, 0.29) is 23.8 Å². The Labute approximate surface area is 156 Å². The average Bonchev–Trinajstić information content (AvgIpc) is 3.40. The van der Waals surface area contributed by atoms with Crippen molar-refractivity contribution in [1.29, 1.82) is 0 Å². The minimum absolute atomic E-state index is 0.0203. The molecular weight excluding hydrogens is 352 g/mol. The number of H-pyrrole nitrogens is 1. The van der Waals surface area contributed by atoms with Gasteiger partial charge in [0.2, 0.25) is 5.91 Å². The fraction of sp³-hybridized carbons (Fsp3) is 0.526. The van der Waals surface area contributed by atoms with Gasteiger partial charge in [0.05, 0.1) is 6.04 Å². The number of aryl methyl sites for hydroxylation is 1. The smallest absolute Gasteiger partial charge is 0.223 e. The number of rotatable bonds is 5. The lowest BCUT2D eigenvalue weighted by Gasteiger charge is -2.38. The molecule has 2 aromatic rings. The molecule has 1 aliphatic heterocycles. The van der Waals surface area contributed by atoms with Gasteiger partial charge in [-0.15, -0.1) is 0 Å². The van der Waals surface area contributed by atoms with Crippen LogP contribution in [0, 0.1) is 24.5 Å². The van der Waals surface area contributed by atoms with Crippen LogP contribution in [0.25, 0.3) is 0 Å². The number of carbonyl (C=O) groups is 1. The van der Waals surface area contributed by atoms with Crippen molar-refractivity contribution in [1.82, 2.24) is 25.4 Å². The van der Waals surface area contributed by atoms with Crippen molar-refractivity contribution in [2.24, 2.45) is 5.92 Å². The third kappa shape index (κ3) is 4.16. The average molecular weight is 375 g/mol. The van der Waals surface area contributed by atoms with Gasteiger partial charge in [-0.2, -0.15) is 5.10 Å². The standard InChI is InChI=1S/C19H23F2N5O/c1-11-22-18(25-24-11)15-6-7-26(9-13-4-5-14(20)8-16(13)21)10-17(15)23-19(27)12-2-3-12/h4-5,8,12,15,17H,2-3,6-7,9-10H2,1H3,(H,23,27)(H,22,24,25)/t15-,17+/m0/s1. The Bertz CT molecular complexity index is 835. The van der Waals surface area contributed by atoms with Gasteiger partial charge in [-0.05, 0) is 38.8 Å². The zero-order valence-electron chi connectivity index (χ0n) is 15.2. The molecule has 1 saturated carbocycles. The van der Waals surface area contributed by atoms with Gasteiger partial charge in [0.1, 0.15) is 17.5 Å². The molecule has 144 valence electrons. The molecule has 1 aromatic carbocycles. The molecule has 8 heteroatoms. The third-order valence-electron chi connectivity index (χ3n) is 5.33.